The third-order valence-electron chi connectivity index (χ3n) is 8.59. The van der Waals surface area contributed by atoms with Crippen LogP contribution in [0.5, 0.6) is 0 Å². The van der Waals surface area contributed by atoms with E-state index < -0.39 is 32.4 Å². The van der Waals surface area contributed by atoms with E-state index in [1.54, 1.807) is 25.7 Å². The van der Waals surface area contributed by atoms with Gasteiger partial charge in [0.2, 0.25) is 5.91 Å². The molecular formula is C28H40F3N5O3S. The first-order valence-electron chi connectivity index (χ1n) is 13.8. The van der Waals surface area contributed by atoms with Gasteiger partial charge in [0.15, 0.2) is 9.84 Å². The number of anilines is 1. The molecule has 2 aliphatic rings. The number of fused-ring (bicyclic) bond motifs is 1. The number of aromatic nitrogens is 2. The zero-order chi connectivity index (χ0) is 29.6. The predicted molar refractivity (Wildman–Crippen MR) is 150 cm³/mol. The van der Waals surface area contributed by atoms with Crippen LogP contribution in [0.1, 0.15) is 65.9 Å². The Morgan fingerprint density at radius 1 is 1.12 bits per heavy atom. The van der Waals surface area contributed by atoms with Gasteiger partial charge in [0.25, 0.3) is 0 Å². The molecular weight excluding hydrogens is 543 g/mol. The average Bonchev–Trinajstić information content (AvgIpc) is 3.21. The number of likely N-dealkylation sites (tertiary alicyclic amines) is 1. The number of nitrogens with zero attached hydrogens (tertiary/aromatic N) is 4. The molecule has 1 aliphatic heterocycles. The van der Waals surface area contributed by atoms with Crippen molar-refractivity contribution >= 4 is 32.5 Å². The van der Waals surface area contributed by atoms with E-state index in [0.29, 0.717) is 37.4 Å². The highest BCUT2D eigenvalue weighted by Gasteiger charge is 2.45. The van der Waals surface area contributed by atoms with E-state index in [0.717, 1.165) is 18.6 Å². The molecule has 40 heavy (non-hydrogen) atoms. The number of halogens is 3. The Kier molecular flexibility index (Phi) is 8.44. The fourth-order valence-corrected chi connectivity index (χ4v) is 7.24. The average molecular weight is 584 g/mol. The largest absolute Gasteiger partial charge is 0.416 e. The summed E-state index contributed by atoms with van der Waals surface area (Å²) in [6.07, 6.45) is -0.609. The van der Waals surface area contributed by atoms with Crippen molar-refractivity contribution < 1.29 is 26.4 Å². The number of sulfone groups is 1. The summed E-state index contributed by atoms with van der Waals surface area (Å²) in [5, 5.41) is 3.26. The molecule has 0 bridgehead atoms. The van der Waals surface area contributed by atoms with Gasteiger partial charge in [-0.2, -0.15) is 13.2 Å². The highest BCUT2D eigenvalue weighted by molar-refractivity contribution is 7.92. The summed E-state index contributed by atoms with van der Waals surface area (Å²) in [6, 6.07) is 2.88. The van der Waals surface area contributed by atoms with Crippen LogP contribution < -0.4 is 5.32 Å². The minimum atomic E-state index is -4.52. The van der Waals surface area contributed by atoms with Crippen LogP contribution in [0.25, 0.3) is 10.9 Å². The number of rotatable bonds is 7. The van der Waals surface area contributed by atoms with Gasteiger partial charge in [0, 0.05) is 30.1 Å². The van der Waals surface area contributed by atoms with Crippen LogP contribution in [-0.4, -0.2) is 82.4 Å². The number of amides is 1. The summed E-state index contributed by atoms with van der Waals surface area (Å²) in [5.74, 6) is -0.230. The molecule has 1 amide bonds. The lowest BCUT2D eigenvalue weighted by atomic mass is 9.81. The van der Waals surface area contributed by atoms with Crippen molar-refractivity contribution in [3.05, 3.63) is 30.1 Å². The Morgan fingerprint density at radius 2 is 1.82 bits per heavy atom. The van der Waals surface area contributed by atoms with E-state index in [2.05, 4.69) is 41.1 Å². The molecule has 1 aromatic heterocycles. The van der Waals surface area contributed by atoms with Gasteiger partial charge >= 0.3 is 6.18 Å². The first kappa shape index (κ1) is 30.5. The molecule has 4 atom stereocenters. The van der Waals surface area contributed by atoms with Crippen molar-refractivity contribution in [2.24, 2.45) is 5.92 Å². The molecule has 1 saturated heterocycles. The van der Waals surface area contributed by atoms with Crippen LogP contribution >= 0.6 is 0 Å². The second kappa shape index (κ2) is 11.1. The Labute approximate surface area is 234 Å². The molecule has 12 heteroatoms. The fourth-order valence-electron chi connectivity index (χ4n) is 5.81. The molecule has 8 nitrogen and oxygen atoms in total. The van der Waals surface area contributed by atoms with E-state index in [4.69, 9.17) is 0 Å². The SMILES string of the molecule is CC(C)N(C)[C@@H]1CC[C@H](N2CC[C@H](Nc3ncnc4ccc(C(F)(F)F)cc34)C2=O)[C@@H](CS(=O)(=O)C(C)(C)C)C1. The van der Waals surface area contributed by atoms with Gasteiger partial charge in [-0.1, -0.05) is 0 Å². The lowest BCUT2D eigenvalue weighted by Gasteiger charge is -2.45. The van der Waals surface area contributed by atoms with Gasteiger partial charge in [-0.15, -0.1) is 0 Å². The third kappa shape index (κ3) is 6.22. The fraction of sp³-hybridized carbons (Fsp3) is 0.679. The highest BCUT2D eigenvalue weighted by atomic mass is 32.2. The molecule has 2 aromatic rings. The topological polar surface area (TPSA) is 95.5 Å². The quantitative estimate of drug-likeness (QED) is 0.503. The second-order valence-corrected chi connectivity index (χ2v) is 15.2. The zero-order valence-electron chi connectivity index (χ0n) is 24.0. The van der Waals surface area contributed by atoms with Gasteiger partial charge in [-0.25, -0.2) is 18.4 Å². The Hall–Kier alpha value is -2.47. The molecule has 0 unspecified atom stereocenters. The summed E-state index contributed by atoms with van der Waals surface area (Å²) in [4.78, 5) is 26.0. The van der Waals surface area contributed by atoms with Crippen LogP contribution in [0.15, 0.2) is 24.5 Å². The zero-order valence-corrected chi connectivity index (χ0v) is 24.8. The van der Waals surface area contributed by atoms with Crippen molar-refractivity contribution in [1.29, 1.82) is 0 Å². The molecule has 222 valence electrons. The maximum absolute atomic E-state index is 13.7. The smallest absolute Gasteiger partial charge is 0.358 e. The predicted octanol–water partition coefficient (Wildman–Crippen LogP) is 4.75. The number of alkyl halides is 3. The highest BCUT2D eigenvalue weighted by Crippen LogP contribution is 2.37. The summed E-state index contributed by atoms with van der Waals surface area (Å²) in [6.45, 7) is 9.78. The number of hydrogen-bond acceptors (Lipinski definition) is 7. The van der Waals surface area contributed by atoms with E-state index in [1.807, 2.05) is 0 Å². The van der Waals surface area contributed by atoms with Crippen LogP contribution in [0.3, 0.4) is 0 Å². The number of carbonyl (C=O) groups excluding carboxylic acids is 1. The molecule has 4 rings (SSSR count). The molecule has 1 aromatic carbocycles. The number of benzene rings is 1. The van der Waals surface area contributed by atoms with Crippen LogP contribution in [0.2, 0.25) is 0 Å². The standard InChI is InChI=1S/C28H40F3N5O3S/c1-17(2)35(6)20-8-10-24(18(13-20)15-40(38,39)27(3,4)5)36-12-11-23(26(36)37)34-25-21-14-19(28(29,30)31)7-9-22(21)32-16-33-25/h7,9,14,16-18,20,23-24H,8,10-13,15H2,1-6H3,(H,32,33,34)/t18-,20-,23+,24+/m1/s1. The van der Waals surface area contributed by atoms with Gasteiger partial charge < -0.3 is 15.1 Å². The minimum absolute atomic E-state index is 0.00223. The molecule has 1 aliphatic carbocycles. The van der Waals surface area contributed by atoms with Gasteiger partial charge in [0.1, 0.15) is 18.2 Å². The summed E-state index contributed by atoms with van der Waals surface area (Å²) in [5.41, 5.74) is -0.476. The third-order valence-corrected chi connectivity index (χ3v) is 11.3. The Balaban J connectivity index is 1.57. The van der Waals surface area contributed by atoms with Gasteiger partial charge in [-0.05, 0) is 91.5 Å². The van der Waals surface area contributed by atoms with Crippen molar-refractivity contribution in [3.63, 3.8) is 0 Å². The van der Waals surface area contributed by atoms with E-state index in [9.17, 15) is 26.4 Å². The first-order chi connectivity index (χ1) is 18.5. The first-order valence-corrected chi connectivity index (χ1v) is 15.5. The van der Waals surface area contributed by atoms with Crippen LogP contribution in [0.4, 0.5) is 19.0 Å². The van der Waals surface area contributed by atoms with Crippen molar-refractivity contribution in [2.45, 2.75) is 95.4 Å². The van der Waals surface area contributed by atoms with Gasteiger partial charge in [0.05, 0.1) is 21.6 Å². The second-order valence-electron chi connectivity index (χ2n) is 12.4. The molecule has 2 fully saturated rings. The maximum Gasteiger partial charge on any atom is 0.416 e. The molecule has 1 saturated carbocycles. The molecule has 0 spiro atoms. The summed E-state index contributed by atoms with van der Waals surface area (Å²) >= 11 is 0. The number of hydrogen-bond donors (Lipinski definition) is 1. The lowest BCUT2D eigenvalue weighted by Crippen LogP contribution is -2.53. The molecule has 0 radical (unpaired) electrons. The number of nitrogens with one attached hydrogen (secondary N) is 1. The van der Waals surface area contributed by atoms with E-state index in [1.165, 1.54) is 12.4 Å². The Morgan fingerprint density at radius 3 is 2.45 bits per heavy atom. The lowest BCUT2D eigenvalue weighted by molar-refractivity contribution is -0.137. The normalized spacial score (nSPS) is 24.9. The molecule has 1 N–H and O–H groups in total. The Bertz CT molecular complexity index is 1340. The molecule has 2 heterocycles. The van der Waals surface area contributed by atoms with Crippen LogP contribution in [-0.2, 0) is 20.8 Å². The van der Waals surface area contributed by atoms with Crippen molar-refractivity contribution in [1.82, 2.24) is 19.8 Å². The van der Waals surface area contributed by atoms with Gasteiger partial charge in [-0.3, -0.25) is 4.79 Å². The number of carbonyl (C=O) groups is 1. The summed E-state index contributed by atoms with van der Waals surface area (Å²) in [7, 11) is -1.37. The van der Waals surface area contributed by atoms with Crippen LogP contribution in [0, 0.1) is 5.92 Å². The monoisotopic (exact) mass is 583 g/mol. The van der Waals surface area contributed by atoms with Crippen molar-refractivity contribution in [2.75, 3.05) is 24.7 Å². The van der Waals surface area contributed by atoms with E-state index in [-0.39, 0.29) is 40.9 Å². The summed E-state index contributed by atoms with van der Waals surface area (Å²) < 4.78 is 65.7. The van der Waals surface area contributed by atoms with Crippen molar-refractivity contribution in [3.8, 4) is 0 Å². The van der Waals surface area contributed by atoms with E-state index >= 15 is 0 Å². The minimum Gasteiger partial charge on any atom is -0.358 e. The maximum atomic E-state index is 13.7.